The van der Waals surface area contributed by atoms with Crippen molar-refractivity contribution in [1.82, 2.24) is 20.8 Å². The fourth-order valence-corrected chi connectivity index (χ4v) is 4.20. The molecule has 4 N–H and O–H groups in total. The highest BCUT2D eigenvalue weighted by molar-refractivity contribution is 5.89. The van der Waals surface area contributed by atoms with Crippen LogP contribution < -0.4 is 21.8 Å². The van der Waals surface area contributed by atoms with Gasteiger partial charge in [-0.1, -0.05) is 52.4 Å². The summed E-state index contributed by atoms with van der Waals surface area (Å²) in [7, 11) is 3.24. The van der Waals surface area contributed by atoms with E-state index in [1.807, 2.05) is 52.8 Å². The van der Waals surface area contributed by atoms with Gasteiger partial charge in [0.05, 0.1) is 30.8 Å². The summed E-state index contributed by atoms with van der Waals surface area (Å²) in [6.07, 6.45) is -0.264. The Morgan fingerprint density at radius 3 is 2.39 bits per heavy atom. The predicted octanol–water partition coefficient (Wildman–Crippen LogP) is 2.27. The predicted molar refractivity (Wildman–Crippen MR) is 137 cm³/mol. The molecule has 0 bridgehead atoms. The summed E-state index contributed by atoms with van der Waals surface area (Å²) >= 11 is 0. The van der Waals surface area contributed by atoms with Crippen LogP contribution >= 0.6 is 0 Å². The highest BCUT2D eigenvalue weighted by atomic mass is 16.8. The first kappa shape index (κ1) is 29.4. The number of benzene rings is 1. The molecule has 200 valence electrons. The number of aryl methyl sites for hydroxylation is 1. The van der Waals surface area contributed by atoms with Crippen LogP contribution in [0.4, 0.5) is 0 Å². The van der Waals surface area contributed by atoms with E-state index in [0.717, 1.165) is 16.5 Å². The molecule has 1 aromatic heterocycles. The van der Waals surface area contributed by atoms with Gasteiger partial charge in [-0.05, 0) is 35.4 Å². The Kier molecular flexibility index (Phi) is 10.6. The maximum absolute atomic E-state index is 13.5. The number of aromatic nitrogens is 1. The van der Waals surface area contributed by atoms with Crippen LogP contribution in [0, 0.1) is 17.3 Å². The standard InChI is InChI=1S/C26H40N4O6/c1-16(2)13-19(24(32)28-23(25(33)27-6)26(3,4)5)21(15-36-29-34)35-14-17-9-8-10-20-18(17)11-12-22(31)30(20)7/h8-12,16,19,21,23,29,34H,13-15H2,1-7H3,(H,27,33)(H,28,32)/t19-,21?,23-/m1/s1. The molecule has 0 saturated carbocycles. The topological polar surface area (TPSA) is 131 Å². The Morgan fingerprint density at radius 1 is 1.11 bits per heavy atom. The first-order valence-electron chi connectivity index (χ1n) is 12.1. The van der Waals surface area contributed by atoms with E-state index < -0.39 is 23.5 Å². The van der Waals surface area contributed by atoms with E-state index in [9.17, 15) is 14.4 Å². The number of nitrogens with one attached hydrogen (secondary N) is 3. The molecule has 0 radical (unpaired) electrons. The van der Waals surface area contributed by atoms with E-state index in [-0.39, 0.29) is 36.5 Å². The van der Waals surface area contributed by atoms with Gasteiger partial charge >= 0.3 is 0 Å². The fourth-order valence-electron chi connectivity index (χ4n) is 4.20. The molecule has 3 atom stereocenters. The molecule has 0 spiro atoms. The lowest BCUT2D eigenvalue weighted by Crippen LogP contribution is -2.55. The van der Waals surface area contributed by atoms with E-state index in [4.69, 9.17) is 14.8 Å². The maximum atomic E-state index is 13.5. The third-order valence-electron chi connectivity index (χ3n) is 6.20. The van der Waals surface area contributed by atoms with Crippen molar-refractivity contribution in [2.75, 3.05) is 13.7 Å². The average molecular weight is 505 g/mol. The summed E-state index contributed by atoms with van der Waals surface area (Å²) in [4.78, 5) is 43.1. The highest BCUT2D eigenvalue weighted by Gasteiger charge is 2.37. The fraction of sp³-hybridized carbons (Fsp3) is 0.577. The van der Waals surface area contributed by atoms with Crippen molar-refractivity contribution in [1.29, 1.82) is 0 Å². The monoisotopic (exact) mass is 504 g/mol. The van der Waals surface area contributed by atoms with Crippen LogP contribution in [0.1, 0.15) is 46.6 Å². The van der Waals surface area contributed by atoms with Crippen LogP contribution in [0.2, 0.25) is 0 Å². The molecule has 1 unspecified atom stereocenters. The molecule has 0 aliphatic carbocycles. The normalized spacial score (nSPS) is 14.5. The number of hydrogen-bond acceptors (Lipinski definition) is 7. The quantitative estimate of drug-likeness (QED) is 0.326. The van der Waals surface area contributed by atoms with Crippen molar-refractivity contribution in [3.8, 4) is 0 Å². The van der Waals surface area contributed by atoms with E-state index in [0.29, 0.717) is 6.42 Å². The number of likely N-dealkylation sites (N-methyl/N-ethyl adjacent to an activating group) is 1. The average Bonchev–Trinajstić information content (AvgIpc) is 2.82. The van der Waals surface area contributed by atoms with E-state index in [2.05, 4.69) is 10.6 Å². The van der Waals surface area contributed by atoms with Gasteiger partial charge in [0.1, 0.15) is 6.04 Å². The van der Waals surface area contributed by atoms with Crippen LogP contribution in [-0.4, -0.2) is 47.4 Å². The molecule has 1 heterocycles. The van der Waals surface area contributed by atoms with E-state index >= 15 is 0 Å². The minimum atomic E-state index is -0.749. The second-order valence-electron chi connectivity index (χ2n) is 10.5. The van der Waals surface area contributed by atoms with E-state index in [1.54, 1.807) is 23.3 Å². The van der Waals surface area contributed by atoms with E-state index in [1.165, 1.54) is 13.1 Å². The number of ether oxygens (including phenoxy) is 1. The van der Waals surface area contributed by atoms with Gasteiger partial charge < -0.3 is 19.9 Å². The smallest absolute Gasteiger partial charge is 0.250 e. The molecule has 1 aromatic carbocycles. The minimum Gasteiger partial charge on any atom is -0.370 e. The Morgan fingerprint density at radius 2 is 1.81 bits per heavy atom. The number of nitrogens with zero attached hydrogens (tertiary/aromatic N) is 1. The second-order valence-corrected chi connectivity index (χ2v) is 10.5. The van der Waals surface area contributed by atoms with Crippen LogP contribution in [0.25, 0.3) is 10.9 Å². The molecule has 0 saturated heterocycles. The number of hydrogen-bond donors (Lipinski definition) is 4. The summed E-state index contributed by atoms with van der Waals surface area (Å²) in [6.45, 7) is 9.67. The number of amides is 2. The van der Waals surface area contributed by atoms with Gasteiger partial charge in [-0.15, -0.1) is 0 Å². The zero-order valence-corrected chi connectivity index (χ0v) is 22.3. The Balaban J connectivity index is 2.35. The van der Waals surface area contributed by atoms with Gasteiger partial charge in [0, 0.05) is 25.5 Å². The Bertz CT molecular complexity index is 1090. The first-order valence-corrected chi connectivity index (χ1v) is 12.1. The molecule has 10 nitrogen and oxygen atoms in total. The second kappa shape index (κ2) is 13.0. The molecule has 2 aromatic rings. The largest absolute Gasteiger partial charge is 0.370 e. The number of carbonyl (C=O) groups excluding carboxylic acids is 2. The SMILES string of the molecule is CNC(=O)[C@@H](NC(=O)[C@H](CC(C)C)C(CONO)OCc1cccc2c1ccc(=O)n2C)C(C)(C)C. The van der Waals surface area contributed by atoms with Crippen LogP contribution in [-0.2, 0) is 32.8 Å². The summed E-state index contributed by atoms with van der Waals surface area (Å²) in [6, 6.07) is 8.11. The van der Waals surface area contributed by atoms with Crippen molar-refractivity contribution in [3.63, 3.8) is 0 Å². The molecular formula is C26H40N4O6. The number of carbonyl (C=O) groups is 2. The lowest BCUT2D eigenvalue weighted by atomic mass is 9.84. The highest BCUT2D eigenvalue weighted by Crippen LogP contribution is 2.25. The summed E-state index contributed by atoms with van der Waals surface area (Å²) in [5.41, 5.74) is 2.64. The zero-order chi connectivity index (χ0) is 27.0. The zero-order valence-electron chi connectivity index (χ0n) is 22.3. The van der Waals surface area contributed by atoms with Crippen LogP contribution in [0.3, 0.4) is 0 Å². The lowest BCUT2D eigenvalue weighted by molar-refractivity contribution is -0.170. The maximum Gasteiger partial charge on any atom is 0.250 e. The Labute approximate surface area is 212 Å². The molecule has 10 heteroatoms. The first-order chi connectivity index (χ1) is 16.9. The molecule has 36 heavy (non-hydrogen) atoms. The summed E-state index contributed by atoms with van der Waals surface area (Å²) < 4.78 is 7.79. The van der Waals surface area contributed by atoms with Crippen LogP contribution in [0.15, 0.2) is 35.1 Å². The van der Waals surface area contributed by atoms with Crippen molar-refractivity contribution >= 4 is 22.7 Å². The van der Waals surface area contributed by atoms with Crippen molar-refractivity contribution < 1.29 is 24.4 Å². The van der Waals surface area contributed by atoms with Crippen molar-refractivity contribution in [3.05, 3.63) is 46.2 Å². The molecule has 0 aliphatic rings. The summed E-state index contributed by atoms with van der Waals surface area (Å²) in [5.74, 6) is -1.13. The molecule has 0 fully saturated rings. The summed E-state index contributed by atoms with van der Waals surface area (Å²) in [5, 5.41) is 15.4. The Hall–Kier alpha value is -2.79. The van der Waals surface area contributed by atoms with Gasteiger partial charge in [0.25, 0.3) is 5.56 Å². The third kappa shape index (κ3) is 7.60. The molecule has 2 rings (SSSR count). The number of rotatable bonds is 12. The van der Waals surface area contributed by atoms with Gasteiger partial charge in [0.2, 0.25) is 11.8 Å². The van der Waals surface area contributed by atoms with Gasteiger partial charge in [0.15, 0.2) is 0 Å². The third-order valence-corrected chi connectivity index (χ3v) is 6.20. The van der Waals surface area contributed by atoms with Gasteiger partial charge in [-0.25, -0.2) is 0 Å². The molecular weight excluding hydrogens is 464 g/mol. The minimum absolute atomic E-state index is 0.106. The van der Waals surface area contributed by atoms with Crippen LogP contribution in [0.5, 0.6) is 0 Å². The van der Waals surface area contributed by atoms with Gasteiger partial charge in [-0.3, -0.25) is 24.4 Å². The molecule has 2 amide bonds. The van der Waals surface area contributed by atoms with Gasteiger partial charge in [-0.2, -0.15) is 0 Å². The molecule has 0 aliphatic heterocycles. The lowest BCUT2D eigenvalue weighted by Gasteiger charge is -2.33. The number of pyridine rings is 1. The number of fused-ring (bicyclic) bond motifs is 1. The van der Waals surface area contributed by atoms with Crippen molar-refractivity contribution in [2.24, 2.45) is 24.3 Å². The van der Waals surface area contributed by atoms with Crippen molar-refractivity contribution in [2.45, 2.75) is 59.8 Å².